The predicted molar refractivity (Wildman–Crippen MR) is 49.2 cm³/mol. The van der Waals surface area contributed by atoms with Crippen LogP contribution in [0.15, 0.2) is 0 Å². The average molecular weight is 169 g/mol. The smallest absolute Gasteiger partial charge is 0.0619 e. The maximum atomic E-state index is 5.41. The molecule has 0 amide bonds. The van der Waals surface area contributed by atoms with Crippen molar-refractivity contribution in [2.24, 2.45) is 5.41 Å². The summed E-state index contributed by atoms with van der Waals surface area (Å²) in [6.07, 6.45) is 5.35. The van der Waals surface area contributed by atoms with E-state index in [0.29, 0.717) is 11.5 Å². The number of hydrogen-bond donors (Lipinski definition) is 1. The lowest BCUT2D eigenvalue weighted by molar-refractivity contribution is 0.0689. The first-order valence-corrected chi connectivity index (χ1v) is 5.10. The standard InChI is InChI=1S/C10H19NO/c1-10(4-5-10)8-11-9-3-2-6-12-7-9/h9,11H,2-8H2,1H3. The second-order valence-corrected chi connectivity index (χ2v) is 4.61. The van der Waals surface area contributed by atoms with Gasteiger partial charge in [-0.15, -0.1) is 0 Å². The minimum atomic E-state index is 0.635. The molecule has 1 heterocycles. The number of nitrogens with one attached hydrogen (secondary N) is 1. The molecular formula is C10H19NO. The van der Waals surface area contributed by atoms with Crippen LogP contribution in [0.2, 0.25) is 0 Å². The van der Waals surface area contributed by atoms with Gasteiger partial charge in [-0.3, -0.25) is 0 Å². The molecule has 70 valence electrons. The van der Waals surface area contributed by atoms with Crippen LogP contribution in [0, 0.1) is 5.41 Å². The van der Waals surface area contributed by atoms with Crippen molar-refractivity contribution in [3.63, 3.8) is 0 Å². The van der Waals surface area contributed by atoms with E-state index in [1.807, 2.05) is 0 Å². The van der Waals surface area contributed by atoms with E-state index in [-0.39, 0.29) is 0 Å². The van der Waals surface area contributed by atoms with Crippen LogP contribution in [0.4, 0.5) is 0 Å². The van der Waals surface area contributed by atoms with Crippen LogP contribution >= 0.6 is 0 Å². The van der Waals surface area contributed by atoms with Crippen LogP contribution in [-0.2, 0) is 4.74 Å². The summed E-state index contributed by atoms with van der Waals surface area (Å²) in [5.41, 5.74) is 0.636. The Labute approximate surface area is 74.7 Å². The number of hydrogen-bond acceptors (Lipinski definition) is 2. The molecule has 0 radical (unpaired) electrons. The highest BCUT2D eigenvalue weighted by atomic mass is 16.5. The Morgan fingerprint density at radius 1 is 1.50 bits per heavy atom. The molecule has 2 rings (SSSR count). The molecule has 0 spiro atoms. The zero-order valence-corrected chi connectivity index (χ0v) is 7.94. The maximum absolute atomic E-state index is 5.41. The van der Waals surface area contributed by atoms with Crippen molar-refractivity contribution in [1.29, 1.82) is 0 Å². The van der Waals surface area contributed by atoms with Gasteiger partial charge in [0.15, 0.2) is 0 Å². The molecule has 0 bridgehead atoms. The van der Waals surface area contributed by atoms with Crippen LogP contribution in [0.1, 0.15) is 32.6 Å². The van der Waals surface area contributed by atoms with Gasteiger partial charge in [0.1, 0.15) is 0 Å². The van der Waals surface area contributed by atoms with Crippen LogP contribution < -0.4 is 5.32 Å². The molecule has 1 saturated carbocycles. The van der Waals surface area contributed by atoms with Gasteiger partial charge >= 0.3 is 0 Å². The topological polar surface area (TPSA) is 21.3 Å². The molecule has 2 aliphatic rings. The first kappa shape index (κ1) is 8.52. The Balaban J connectivity index is 1.65. The summed E-state index contributed by atoms with van der Waals surface area (Å²) in [4.78, 5) is 0. The Hall–Kier alpha value is -0.0800. The molecule has 12 heavy (non-hydrogen) atoms. The predicted octanol–water partition coefficient (Wildman–Crippen LogP) is 1.56. The minimum Gasteiger partial charge on any atom is -0.380 e. The van der Waals surface area contributed by atoms with Gasteiger partial charge in [0.05, 0.1) is 6.61 Å². The molecule has 1 aliphatic heterocycles. The summed E-state index contributed by atoms with van der Waals surface area (Å²) in [5.74, 6) is 0. The fourth-order valence-electron chi connectivity index (χ4n) is 1.68. The van der Waals surface area contributed by atoms with E-state index >= 15 is 0 Å². The lowest BCUT2D eigenvalue weighted by atomic mass is 10.1. The summed E-state index contributed by atoms with van der Waals surface area (Å²) >= 11 is 0. The summed E-state index contributed by atoms with van der Waals surface area (Å²) in [5, 5.41) is 3.60. The Bertz CT molecular complexity index is 148. The summed E-state index contributed by atoms with van der Waals surface area (Å²) in [6.45, 7) is 5.45. The zero-order valence-electron chi connectivity index (χ0n) is 7.94. The average Bonchev–Trinajstić information content (AvgIpc) is 2.84. The third kappa shape index (κ3) is 2.20. The van der Waals surface area contributed by atoms with Crippen LogP contribution in [-0.4, -0.2) is 25.8 Å². The van der Waals surface area contributed by atoms with E-state index in [1.165, 1.54) is 32.2 Å². The highest BCUT2D eigenvalue weighted by molar-refractivity contribution is 4.91. The van der Waals surface area contributed by atoms with Gasteiger partial charge in [-0.1, -0.05) is 6.92 Å². The minimum absolute atomic E-state index is 0.635. The normalized spacial score (nSPS) is 33.2. The lowest BCUT2D eigenvalue weighted by Crippen LogP contribution is -2.39. The SMILES string of the molecule is CC1(CNC2CCCOC2)CC1. The van der Waals surface area contributed by atoms with E-state index < -0.39 is 0 Å². The van der Waals surface area contributed by atoms with Gasteiger partial charge in [-0.2, -0.15) is 0 Å². The monoisotopic (exact) mass is 169 g/mol. The van der Waals surface area contributed by atoms with Crippen LogP contribution in [0.5, 0.6) is 0 Å². The molecule has 2 heteroatoms. The van der Waals surface area contributed by atoms with Gasteiger partial charge in [-0.05, 0) is 31.1 Å². The van der Waals surface area contributed by atoms with E-state index in [4.69, 9.17) is 4.74 Å². The molecule has 1 unspecified atom stereocenters. The zero-order chi connectivity index (χ0) is 8.44. The molecule has 1 saturated heterocycles. The fraction of sp³-hybridized carbons (Fsp3) is 1.00. The van der Waals surface area contributed by atoms with Crippen LogP contribution in [0.25, 0.3) is 0 Å². The second kappa shape index (κ2) is 3.35. The van der Waals surface area contributed by atoms with Crippen molar-refractivity contribution in [1.82, 2.24) is 5.32 Å². The number of ether oxygens (including phenoxy) is 1. The largest absolute Gasteiger partial charge is 0.380 e. The lowest BCUT2D eigenvalue weighted by Gasteiger charge is -2.24. The summed E-state index contributed by atoms with van der Waals surface area (Å²) in [6, 6.07) is 0.635. The van der Waals surface area contributed by atoms with Crippen molar-refractivity contribution in [3.05, 3.63) is 0 Å². The van der Waals surface area contributed by atoms with Crippen molar-refractivity contribution in [2.75, 3.05) is 19.8 Å². The van der Waals surface area contributed by atoms with E-state index in [0.717, 1.165) is 13.2 Å². The molecule has 1 aliphatic carbocycles. The number of rotatable bonds is 3. The maximum Gasteiger partial charge on any atom is 0.0619 e. The molecule has 2 nitrogen and oxygen atoms in total. The van der Waals surface area contributed by atoms with Crippen molar-refractivity contribution in [2.45, 2.75) is 38.6 Å². The van der Waals surface area contributed by atoms with Crippen molar-refractivity contribution < 1.29 is 4.74 Å². The molecule has 1 N–H and O–H groups in total. The van der Waals surface area contributed by atoms with Gasteiger partial charge in [0.25, 0.3) is 0 Å². The summed E-state index contributed by atoms with van der Waals surface area (Å²) in [7, 11) is 0. The molecule has 0 aromatic rings. The highest BCUT2D eigenvalue weighted by Gasteiger charge is 2.37. The van der Waals surface area contributed by atoms with Gasteiger partial charge in [0, 0.05) is 19.2 Å². The fourth-order valence-corrected chi connectivity index (χ4v) is 1.68. The Morgan fingerprint density at radius 2 is 2.33 bits per heavy atom. The van der Waals surface area contributed by atoms with E-state index in [2.05, 4.69) is 12.2 Å². The Kier molecular flexibility index (Phi) is 2.37. The van der Waals surface area contributed by atoms with Gasteiger partial charge < -0.3 is 10.1 Å². The molecule has 1 atom stereocenters. The van der Waals surface area contributed by atoms with Gasteiger partial charge in [-0.25, -0.2) is 0 Å². The molecular weight excluding hydrogens is 150 g/mol. The highest BCUT2D eigenvalue weighted by Crippen LogP contribution is 2.44. The van der Waals surface area contributed by atoms with Gasteiger partial charge in [0.2, 0.25) is 0 Å². The second-order valence-electron chi connectivity index (χ2n) is 4.61. The molecule has 0 aromatic carbocycles. The quantitative estimate of drug-likeness (QED) is 0.692. The summed E-state index contributed by atoms with van der Waals surface area (Å²) < 4.78 is 5.41. The molecule has 2 fully saturated rings. The first-order chi connectivity index (χ1) is 5.79. The van der Waals surface area contributed by atoms with Crippen molar-refractivity contribution in [3.8, 4) is 0 Å². The third-order valence-electron chi connectivity index (χ3n) is 3.08. The Morgan fingerprint density at radius 3 is 2.92 bits per heavy atom. The van der Waals surface area contributed by atoms with Crippen LogP contribution in [0.3, 0.4) is 0 Å². The third-order valence-corrected chi connectivity index (χ3v) is 3.08. The van der Waals surface area contributed by atoms with Crippen molar-refractivity contribution >= 4 is 0 Å². The van der Waals surface area contributed by atoms with E-state index in [9.17, 15) is 0 Å². The molecule has 0 aromatic heterocycles. The first-order valence-electron chi connectivity index (χ1n) is 5.10. The van der Waals surface area contributed by atoms with E-state index in [1.54, 1.807) is 0 Å².